The summed E-state index contributed by atoms with van der Waals surface area (Å²) < 4.78 is 5.15. The summed E-state index contributed by atoms with van der Waals surface area (Å²) in [5, 5.41) is 14.3. The van der Waals surface area contributed by atoms with Crippen LogP contribution >= 0.6 is 0 Å². The molecule has 0 bridgehead atoms. The molecule has 0 aliphatic heterocycles. The summed E-state index contributed by atoms with van der Waals surface area (Å²) in [5.74, 6) is -2.01. The van der Waals surface area contributed by atoms with Gasteiger partial charge in [-0.3, -0.25) is 9.59 Å². The van der Waals surface area contributed by atoms with Crippen molar-refractivity contribution in [3.63, 3.8) is 0 Å². The largest absolute Gasteiger partial charge is 0.476 e. The van der Waals surface area contributed by atoms with Crippen LogP contribution in [0, 0.1) is 0 Å². The Kier molecular flexibility index (Phi) is 5.22. The van der Waals surface area contributed by atoms with Gasteiger partial charge in [0.25, 0.3) is 11.8 Å². The van der Waals surface area contributed by atoms with Gasteiger partial charge in [-0.1, -0.05) is 12.1 Å². The number of nitrogens with one attached hydrogen (secondary N) is 2. The van der Waals surface area contributed by atoms with E-state index in [-0.39, 0.29) is 23.5 Å². The molecule has 3 aromatic rings. The minimum absolute atomic E-state index is 0.182. The molecule has 0 atom stereocenters. The molecule has 9 nitrogen and oxygen atoms in total. The van der Waals surface area contributed by atoms with Gasteiger partial charge in [-0.2, -0.15) is 0 Å². The van der Waals surface area contributed by atoms with Gasteiger partial charge in [0.15, 0.2) is 11.4 Å². The Morgan fingerprint density at radius 1 is 0.963 bits per heavy atom. The highest BCUT2D eigenvalue weighted by molar-refractivity contribution is 6.11. The van der Waals surface area contributed by atoms with Gasteiger partial charge in [0, 0.05) is 12.4 Å². The number of nitrogens with zero attached hydrogens (tertiary/aromatic N) is 2. The van der Waals surface area contributed by atoms with Gasteiger partial charge < -0.3 is 20.2 Å². The molecular weight excluding hydrogens is 352 g/mol. The third kappa shape index (κ3) is 4.15. The van der Waals surface area contributed by atoms with E-state index in [0.29, 0.717) is 5.76 Å². The number of benzene rings is 1. The molecule has 1 aromatic carbocycles. The van der Waals surface area contributed by atoms with Gasteiger partial charge >= 0.3 is 5.97 Å². The van der Waals surface area contributed by atoms with Crippen molar-refractivity contribution in [3.8, 4) is 0 Å². The second-order valence-corrected chi connectivity index (χ2v) is 5.32. The summed E-state index contributed by atoms with van der Waals surface area (Å²) in [6, 6.07) is 9.75. The number of hydrogen-bond acceptors (Lipinski definition) is 6. The number of anilines is 1. The predicted molar refractivity (Wildman–Crippen MR) is 93.3 cm³/mol. The molecule has 0 unspecified atom stereocenters. The number of para-hydroxylation sites is 1. The molecule has 2 aromatic heterocycles. The van der Waals surface area contributed by atoms with Crippen LogP contribution in [0.25, 0.3) is 0 Å². The summed E-state index contributed by atoms with van der Waals surface area (Å²) in [6.07, 6.45) is 3.89. The topological polar surface area (TPSA) is 134 Å². The number of amides is 2. The fourth-order valence-corrected chi connectivity index (χ4v) is 2.31. The Morgan fingerprint density at radius 3 is 2.41 bits per heavy atom. The molecular formula is C18H14N4O5. The van der Waals surface area contributed by atoms with Crippen molar-refractivity contribution in [1.82, 2.24) is 15.3 Å². The van der Waals surface area contributed by atoms with Crippen molar-refractivity contribution < 1.29 is 23.9 Å². The lowest BCUT2D eigenvalue weighted by Gasteiger charge is -2.11. The first kappa shape index (κ1) is 17.8. The van der Waals surface area contributed by atoms with Crippen molar-refractivity contribution in [2.24, 2.45) is 0 Å². The highest BCUT2D eigenvalue weighted by Gasteiger charge is 2.21. The number of aromatic carboxylic acids is 1. The lowest BCUT2D eigenvalue weighted by atomic mass is 10.1. The van der Waals surface area contributed by atoms with Crippen molar-refractivity contribution in [3.05, 3.63) is 77.8 Å². The van der Waals surface area contributed by atoms with E-state index in [4.69, 9.17) is 9.52 Å². The van der Waals surface area contributed by atoms with E-state index in [0.717, 1.165) is 0 Å². The molecule has 9 heteroatoms. The second kappa shape index (κ2) is 7.91. The van der Waals surface area contributed by atoms with Crippen molar-refractivity contribution in [2.45, 2.75) is 6.54 Å². The fraction of sp³-hybridized carbons (Fsp3) is 0.0556. The van der Waals surface area contributed by atoms with E-state index < -0.39 is 23.5 Å². The van der Waals surface area contributed by atoms with Gasteiger partial charge in [0.05, 0.1) is 24.1 Å². The average molecular weight is 366 g/mol. The highest BCUT2D eigenvalue weighted by Crippen LogP contribution is 2.17. The van der Waals surface area contributed by atoms with Crippen LogP contribution in [0.2, 0.25) is 0 Å². The predicted octanol–water partition coefficient (Wildman–Crippen LogP) is 1.95. The fourth-order valence-electron chi connectivity index (χ4n) is 2.31. The molecule has 0 fully saturated rings. The van der Waals surface area contributed by atoms with Crippen LogP contribution < -0.4 is 10.6 Å². The van der Waals surface area contributed by atoms with Crippen LogP contribution in [-0.2, 0) is 6.54 Å². The van der Waals surface area contributed by atoms with E-state index in [1.807, 2.05) is 0 Å². The van der Waals surface area contributed by atoms with Crippen LogP contribution in [0.3, 0.4) is 0 Å². The highest BCUT2D eigenvalue weighted by atomic mass is 16.4. The first-order valence-electron chi connectivity index (χ1n) is 7.81. The normalized spacial score (nSPS) is 10.2. The first-order chi connectivity index (χ1) is 13.1. The van der Waals surface area contributed by atoms with Crippen LogP contribution in [0.5, 0.6) is 0 Å². The van der Waals surface area contributed by atoms with Gasteiger partial charge in [-0.05, 0) is 24.3 Å². The third-order valence-corrected chi connectivity index (χ3v) is 3.54. The van der Waals surface area contributed by atoms with E-state index in [1.165, 1.54) is 30.8 Å². The van der Waals surface area contributed by atoms with Gasteiger partial charge in [0.1, 0.15) is 5.76 Å². The molecule has 2 amide bonds. The number of furan rings is 1. The molecule has 2 heterocycles. The zero-order valence-electron chi connectivity index (χ0n) is 13.9. The molecule has 0 radical (unpaired) electrons. The number of aromatic nitrogens is 2. The van der Waals surface area contributed by atoms with Crippen LogP contribution in [0.4, 0.5) is 5.69 Å². The van der Waals surface area contributed by atoms with E-state index in [9.17, 15) is 14.4 Å². The zero-order chi connectivity index (χ0) is 19.2. The molecule has 3 N–H and O–H groups in total. The summed E-state index contributed by atoms with van der Waals surface area (Å²) in [5.41, 5.74) is -0.412. The molecule has 0 aliphatic rings. The summed E-state index contributed by atoms with van der Waals surface area (Å²) in [6.45, 7) is 0.182. The third-order valence-electron chi connectivity index (χ3n) is 3.54. The number of rotatable bonds is 6. The van der Waals surface area contributed by atoms with Crippen molar-refractivity contribution in [2.75, 3.05) is 5.32 Å². The first-order valence-corrected chi connectivity index (χ1v) is 7.81. The number of hydrogen-bond donors (Lipinski definition) is 3. The number of carbonyl (C=O) groups excluding carboxylic acids is 2. The number of carboxylic acid groups (broad SMARTS) is 1. The summed E-state index contributed by atoms with van der Waals surface area (Å²) >= 11 is 0. The summed E-state index contributed by atoms with van der Waals surface area (Å²) in [4.78, 5) is 43.5. The Bertz CT molecular complexity index is 985. The van der Waals surface area contributed by atoms with Crippen LogP contribution in [0.1, 0.15) is 37.1 Å². The maximum Gasteiger partial charge on any atom is 0.356 e. The molecule has 0 aliphatic carbocycles. The SMILES string of the molecule is O=C(NCc1ccco1)c1ccccc1NC(=O)c1nccnc1C(=O)O. The smallest absolute Gasteiger partial charge is 0.356 e. The minimum atomic E-state index is -1.38. The molecule has 0 saturated carbocycles. The molecule has 0 saturated heterocycles. The van der Waals surface area contributed by atoms with E-state index in [2.05, 4.69) is 20.6 Å². The standard InChI is InChI=1S/C18H14N4O5/c23-16(21-10-11-4-3-9-27-11)12-5-1-2-6-13(12)22-17(24)14-15(18(25)26)20-8-7-19-14/h1-9H,10H2,(H,21,23)(H,22,24)(H,25,26). The average Bonchev–Trinajstić information content (AvgIpc) is 3.20. The Balaban J connectivity index is 1.79. The number of carboxylic acids is 1. The molecule has 3 rings (SSSR count). The Labute approximate surface area is 153 Å². The second-order valence-electron chi connectivity index (χ2n) is 5.32. The van der Waals surface area contributed by atoms with Crippen LogP contribution in [-0.4, -0.2) is 32.9 Å². The van der Waals surface area contributed by atoms with E-state index >= 15 is 0 Å². The monoisotopic (exact) mass is 366 g/mol. The molecule has 27 heavy (non-hydrogen) atoms. The lowest BCUT2D eigenvalue weighted by molar-refractivity contribution is 0.0684. The number of carbonyl (C=O) groups is 3. The van der Waals surface area contributed by atoms with Crippen LogP contribution in [0.15, 0.2) is 59.5 Å². The van der Waals surface area contributed by atoms with Crippen molar-refractivity contribution in [1.29, 1.82) is 0 Å². The zero-order valence-corrected chi connectivity index (χ0v) is 13.9. The molecule has 0 spiro atoms. The van der Waals surface area contributed by atoms with Gasteiger partial charge in [0.2, 0.25) is 0 Å². The maximum atomic E-state index is 12.4. The van der Waals surface area contributed by atoms with E-state index in [1.54, 1.807) is 24.3 Å². The quantitative estimate of drug-likeness (QED) is 0.607. The Morgan fingerprint density at radius 2 is 1.70 bits per heavy atom. The summed E-state index contributed by atoms with van der Waals surface area (Å²) in [7, 11) is 0. The minimum Gasteiger partial charge on any atom is -0.476 e. The van der Waals surface area contributed by atoms with Gasteiger partial charge in [-0.25, -0.2) is 14.8 Å². The maximum absolute atomic E-state index is 12.4. The Hall–Kier alpha value is -4.01. The molecule has 136 valence electrons. The van der Waals surface area contributed by atoms with Gasteiger partial charge in [-0.15, -0.1) is 0 Å². The lowest BCUT2D eigenvalue weighted by Crippen LogP contribution is -2.25. The van der Waals surface area contributed by atoms with Crippen molar-refractivity contribution >= 4 is 23.5 Å².